The van der Waals surface area contributed by atoms with Crippen LogP contribution in [0.4, 0.5) is 11.4 Å². The number of benzene rings is 1. The maximum Gasteiger partial charge on any atom is 0.0765 e. The molecule has 0 aliphatic heterocycles. The molecule has 0 aliphatic carbocycles. The largest absolute Gasteiger partial charge is 0.397 e. The van der Waals surface area contributed by atoms with E-state index in [-0.39, 0.29) is 0 Å². The lowest BCUT2D eigenvalue weighted by Gasteiger charge is -2.31. The van der Waals surface area contributed by atoms with E-state index in [4.69, 9.17) is 28.9 Å². The number of halogens is 2. The highest BCUT2D eigenvalue weighted by Crippen LogP contribution is 2.33. The summed E-state index contributed by atoms with van der Waals surface area (Å²) in [5.41, 5.74) is 6.48. The van der Waals surface area contributed by atoms with Crippen LogP contribution >= 0.6 is 23.2 Å². The fourth-order valence-corrected chi connectivity index (χ4v) is 1.99. The molecule has 0 saturated carbocycles. The predicted octanol–water partition coefficient (Wildman–Crippen LogP) is 3.17. The molecule has 0 bridgehead atoms. The minimum Gasteiger partial charge on any atom is -0.397 e. The molecule has 0 spiro atoms. The molecule has 96 valence electrons. The van der Waals surface area contributed by atoms with E-state index >= 15 is 0 Å². The smallest absolute Gasteiger partial charge is 0.0765 e. The number of nitrogens with two attached hydrogens (primary N) is 1. The van der Waals surface area contributed by atoms with Crippen LogP contribution in [-0.2, 0) is 0 Å². The first-order valence-corrected chi connectivity index (χ1v) is 6.22. The van der Waals surface area contributed by atoms with Crippen LogP contribution < -0.4 is 10.6 Å². The van der Waals surface area contributed by atoms with Crippen molar-refractivity contribution in [1.82, 2.24) is 0 Å². The second kappa shape index (κ2) is 5.34. The Bertz CT molecular complexity index is 402. The van der Waals surface area contributed by atoms with Crippen molar-refractivity contribution in [3.63, 3.8) is 0 Å². The normalized spacial score (nSPS) is 11.6. The van der Waals surface area contributed by atoms with Crippen LogP contribution in [0.2, 0.25) is 10.0 Å². The minimum atomic E-state index is -0.797. The average molecular weight is 277 g/mol. The molecule has 3 nitrogen and oxygen atoms in total. The van der Waals surface area contributed by atoms with Gasteiger partial charge in [0.1, 0.15) is 0 Å². The SMILES string of the molecule is CCN(CC(C)(C)O)c1cc(Cl)c(Cl)cc1N. The summed E-state index contributed by atoms with van der Waals surface area (Å²) in [4.78, 5) is 1.97. The second-order valence-corrected chi connectivity index (χ2v) is 5.47. The molecule has 17 heavy (non-hydrogen) atoms. The summed E-state index contributed by atoms with van der Waals surface area (Å²) in [6, 6.07) is 3.36. The number of nitrogen functional groups attached to an aromatic ring is 1. The number of rotatable bonds is 4. The number of nitrogens with zero attached hydrogens (tertiary/aromatic N) is 1. The topological polar surface area (TPSA) is 49.5 Å². The van der Waals surface area contributed by atoms with E-state index in [1.54, 1.807) is 26.0 Å². The molecule has 1 aromatic carbocycles. The number of hydrogen-bond donors (Lipinski definition) is 2. The first-order chi connectivity index (χ1) is 7.74. The maximum atomic E-state index is 9.85. The highest BCUT2D eigenvalue weighted by atomic mass is 35.5. The van der Waals surface area contributed by atoms with Gasteiger partial charge in [-0.05, 0) is 32.9 Å². The first-order valence-electron chi connectivity index (χ1n) is 5.46. The summed E-state index contributed by atoms with van der Waals surface area (Å²) in [6.07, 6.45) is 0. The second-order valence-electron chi connectivity index (χ2n) is 4.65. The zero-order valence-corrected chi connectivity index (χ0v) is 11.8. The van der Waals surface area contributed by atoms with E-state index in [2.05, 4.69) is 0 Å². The van der Waals surface area contributed by atoms with Gasteiger partial charge in [0.2, 0.25) is 0 Å². The summed E-state index contributed by atoms with van der Waals surface area (Å²) in [5.74, 6) is 0. The molecule has 0 aliphatic rings. The Balaban J connectivity index is 3.08. The van der Waals surface area contributed by atoms with Crippen LogP contribution in [0.5, 0.6) is 0 Å². The van der Waals surface area contributed by atoms with E-state index in [1.165, 1.54) is 0 Å². The molecule has 0 amide bonds. The monoisotopic (exact) mass is 276 g/mol. The summed E-state index contributed by atoms with van der Waals surface area (Å²) in [5, 5.41) is 10.8. The van der Waals surface area contributed by atoms with Crippen LogP contribution in [-0.4, -0.2) is 23.8 Å². The molecule has 0 saturated heterocycles. The molecule has 0 fully saturated rings. The Morgan fingerprint density at radius 2 is 1.82 bits per heavy atom. The minimum absolute atomic E-state index is 0.437. The number of hydrogen-bond acceptors (Lipinski definition) is 3. The van der Waals surface area contributed by atoms with Crippen LogP contribution in [0.25, 0.3) is 0 Å². The molecule has 0 radical (unpaired) electrons. The van der Waals surface area contributed by atoms with E-state index < -0.39 is 5.60 Å². The van der Waals surface area contributed by atoms with Crippen LogP contribution in [0.15, 0.2) is 12.1 Å². The van der Waals surface area contributed by atoms with E-state index in [9.17, 15) is 5.11 Å². The van der Waals surface area contributed by atoms with Crippen molar-refractivity contribution in [2.75, 3.05) is 23.7 Å². The highest BCUT2D eigenvalue weighted by molar-refractivity contribution is 6.42. The van der Waals surface area contributed by atoms with Gasteiger partial charge in [-0.15, -0.1) is 0 Å². The maximum absolute atomic E-state index is 9.85. The molecular weight excluding hydrogens is 259 g/mol. The van der Waals surface area contributed by atoms with Crippen LogP contribution in [0, 0.1) is 0 Å². The molecule has 0 unspecified atom stereocenters. The molecule has 0 atom stereocenters. The van der Waals surface area contributed by atoms with Gasteiger partial charge < -0.3 is 15.7 Å². The molecule has 0 aromatic heterocycles. The molecular formula is C12H18Cl2N2O. The molecule has 1 aromatic rings. The summed E-state index contributed by atoms with van der Waals surface area (Å²) in [6.45, 7) is 6.71. The fourth-order valence-electron chi connectivity index (χ4n) is 1.66. The van der Waals surface area contributed by atoms with Crippen molar-refractivity contribution in [2.24, 2.45) is 0 Å². The van der Waals surface area contributed by atoms with Gasteiger partial charge in [0.05, 0.1) is 27.0 Å². The molecule has 1 rings (SSSR count). The van der Waals surface area contributed by atoms with Crippen molar-refractivity contribution < 1.29 is 5.11 Å². The van der Waals surface area contributed by atoms with Gasteiger partial charge in [-0.3, -0.25) is 0 Å². The first kappa shape index (κ1) is 14.4. The van der Waals surface area contributed by atoms with Gasteiger partial charge in [-0.2, -0.15) is 0 Å². The Hall–Kier alpha value is -0.640. The van der Waals surface area contributed by atoms with Crippen molar-refractivity contribution in [3.8, 4) is 0 Å². The van der Waals surface area contributed by atoms with Crippen molar-refractivity contribution in [3.05, 3.63) is 22.2 Å². The third-order valence-corrected chi connectivity index (χ3v) is 3.09. The highest BCUT2D eigenvalue weighted by Gasteiger charge is 2.19. The van der Waals surface area contributed by atoms with Crippen molar-refractivity contribution >= 4 is 34.6 Å². The Morgan fingerprint density at radius 3 is 2.29 bits per heavy atom. The zero-order chi connectivity index (χ0) is 13.2. The lowest BCUT2D eigenvalue weighted by atomic mass is 10.1. The third kappa shape index (κ3) is 3.95. The Labute approximate surface area is 112 Å². The van der Waals surface area contributed by atoms with Gasteiger partial charge in [0.25, 0.3) is 0 Å². The lowest BCUT2D eigenvalue weighted by molar-refractivity contribution is 0.0876. The molecule has 0 heterocycles. The number of anilines is 2. The van der Waals surface area contributed by atoms with Gasteiger partial charge >= 0.3 is 0 Å². The van der Waals surface area contributed by atoms with Crippen LogP contribution in [0.3, 0.4) is 0 Å². The quantitative estimate of drug-likeness (QED) is 0.831. The fraction of sp³-hybridized carbons (Fsp3) is 0.500. The van der Waals surface area contributed by atoms with Gasteiger partial charge in [-0.25, -0.2) is 0 Å². The van der Waals surface area contributed by atoms with E-state index in [0.29, 0.717) is 22.3 Å². The van der Waals surface area contributed by atoms with Crippen molar-refractivity contribution in [2.45, 2.75) is 26.4 Å². The molecule has 5 heteroatoms. The van der Waals surface area contributed by atoms with Gasteiger partial charge in [0, 0.05) is 13.1 Å². The number of likely N-dealkylation sites (N-methyl/N-ethyl adjacent to an activating group) is 1. The Morgan fingerprint density at radius 1 is 1.29 bits per heavy atom. The lowest BCUT2D eigenvalue weighted by Crippen LogP contribution is -2.38. The Kier molecular flexibility index (Phi) is 4.53. The zero-order valence-electron chi connectivity index (χ0n) is 10.3. The average Bonchev–Trinajstić information content (AvgIpc) is 2.19. The van der Waals surface area contributed by atoms with Crippen LogP contribution in [0.1, 0.15) is 20.8 Å². The number of aliphatic hydroxyl groups is 1. The summed E-state index contributed by atoms with van der Waals surface area (Å²) in [7, 11) is 0. The third-order valence-electron chi connectivity index (χ3n) is 2.37. The standard InChI is InChI=1S/C12H18Cl2N2O/c1-4-16(7-12(2,3)17)11-6-9(14)8(13)5-10(11)15/h5-6,17H,4,7,15H2,1-3H3. The van der Waals surface area contributed by atoms with E-state index in [0.717, 1.165) is 12.2 Å². The van der Waals surface area contributed by atoms with Crippen molar-refractivity contribution in [1.29, 1.82) is 0 Å². The van der Waals surface area contributed by atoms with Gasteiger partial charge in [0.15, 0.2) is 0 Å². The van der Waals surface area contributed by atoms with Gasteiger partial charge in [-0.1, -0.05) is 23.2 Å². The predicted molar refractivity (Wildman–Crippen MR) is 75.1 cm³/mol. The molecule has 3 N–H and O–H groups in total. The van der Waals surface area contributed by atoms with E-state index in [1.807, 2.05) is 11.8 Å². The summed E-state index contributed by atoms with van der Waals surface area (Å²) < 4.78 is 0. The summed E-state index contributed by atoms with van der Waals surface area (Å²) >= 11 is 11.9.